The molecule has 0 aliphatic heterocycles. The van der Waals surface area contributed by atoms with Gasteiger partial charge >= 0.3 is 0 Å². The van der Waals surface area contributed by atoms with Gasteiger partial charge in [0.2, 0.25) is 5.13 Å². The number of amides is 1. The van der Waals surface area contributed by atoms with Gasteiger partial charge in [0.25, 0.3) is 5.91 Å². The number of hydrogen-bond donors (Lipinski definition) is 2. The Kier molecular flexibility index (Phi) is 7.11. The molecule has 0 atom stereocenters. The standard InChI is InChI=1S/C14H18N4OS.ClH/c1-2-3-4-9-12-17-18-14(20-12)16-13(19)10-7-5-6-8-11(10)15;/h5-8H,2-4,9,15H2,1H3,(H,16,18,19);1H. The van der Waals surface area contributed by atoms with Crippen LogP contribution in [0, 0.1) is 0 Å². The Balaban J connectivity index is 0.00000220. The summed E-state index contributed by atoms with van der Waals surface area (Å²) in [4.78, 5) is 12.1. The lowest BCUT2D eigenvalue weighted by molar-refractivity contribution is 0.102. The number of nitrogens with one attached hydrogen (secondary N) is 1. The minimum Gasteiger partial charge on any atom is -0.398 e. The number of hydrogen-bond acceptors (Lipinski definition) is 5. The Hall–Kier alpha value is -1.66. The summed E-state index contributed by atoms with van der Waals surface area (Å²) >= 11 is 1.42. The Morgan fingerprint density at radius 3 is 2.76 bits per heavy atom. The Morgan fingerprint density at radius 2 is 2.05 bits per heavy atom. The zero-order valence-electron chi connectivity index (χ0n) is 11.8. The van der Waals surface area contributed by atoms with Crippen molar-refractivity contribution in [3.63, 3.8) is 0 Å². The number of carbonyl (C=O) groups is 1. The maximum absolute atomic E-state index is 12.1. The minimum absolute atomic E-state index is 0. The van der Waals surface area contributed by atoms with E-state index in [4.69, 9.17) is 5.73 Å². The van der Waals surface area contributed by atoms with Gasteiger partial charge in [-0.3, -0.25) is 10.1 Å². The second-order valence-corrected chi connectivity index (χ2v) is 5.56. The van der Waals surface area contributed by atoms with Gasteiger partial charge in [-0.2, -0.15) is 0 Å². The molecule has 0 unspecified atom stereocenters. The van der Waals surface area contributed by atoms with Crippen molar-refractivity contribution >= 4 is 40.5 Å². The molecule has 0 saturated heterocycles. The number of benzene rings is 1. The number of nitrogens with zero attached hydrogens (tertiary/aromatic N) is 2. The molecule has 5 nitrogen and oxygen atoms in total. The fraction of sp³-hybridized carbons (Fsp3) is 0.357. The van der Waals surface area contributed by atoms with Crippen LogP contribution in [0.1, 0.15) is 41.6 Å². The smallest absolute Gasteiger partial charge is 0.259 e. The third-order valence-electron chi connectivity index (χ3n) is 2.89. The quantitative estimate of drug-likeness (QED) is 0.628. The van der Waals surface area contributed by atoms with Crippen LogP contribution in [0.2, 0.25) is 0 Å². The van der Waals surface area contributed by atoms with Gasteiger partial charge in [0.15, 0.2) is 0 Å². The first kappa shape index (κ1) is 17.4. The van der Waals surface area contributed by atoms with Crippen molar-refractivity contribution in [2.24, 2.45) is 0 Å². The predicted molar refractivity (Wildman–Crippen MR) is 89.2 cm³/mol. The number of anilines is 2. The number of nitrogens with two attached hydrogens (primary N) is 1. The molecule has 0 fully saturated rings. The molecule has 0 bridgehead atoms. The molecule has 0 aliphatic carbocycles. The predicted octanol–water partition coefficient (Wildman–Crippen LogP) is 3.53. The second-order valence-electron chi connectivity index (χ2n) is 4.50. The highest BCUT2D eigenvalue weighted by Gasteiger charge is 2.12. The first-order valence-corrected chi connectivity index (χ1v) is 7.50. The fourth-order valence-corrected chi connectivity index (χ4v) is 2.58. The number of rotatable bonds is 6. The van der Waals surface area contributed by atoms with E-state index < -0.39 is 0 Å². The first-order chi connectivity index (χ1) is 9.70. The molecular weight excluding hydrogens is 308 g/mol. The Bertz CT molecular complexity index is 588. The normalized spacial score (nSPS) is 9.95. The number of aryl methyl sites for hydroxylation is 1. The molecule has 3 N–H and O–H groups in total. The van der Waals surface area contributed by atoms with E-state index in [1.54, 1.807) is 24.3 Å². The van der Waals surface area contributed by atoms with Crippen molar-refractivity contribution in [1.29, 1.82) is 0 Å². The van der Waals surface area contributed by atoms with Gasteiger partial charge in [0.05, 0.1) is 5.56 Å². The second kappa shape index (κ2) is 8.59. The van der Waals surface area contributed by atoms with Gasteiger partial charge in [0, 0.05) is 12.1 Å². The van der Waals surface area contributed by atoms with Crippen LogP contribution in [0.4, 0.5) is 10.8 Å². The number of nitrogen functional groups attached to an aromatic ring is 1. The third kappa shape index (κ3) is 4.99. The van der Waals surface area contributed by atoms with Crippen LogP contribution < -0.4 is 11.1 Å². The molecule has 1 amide bonds. The lowest BCUT2D eigenvalue weighted by Gasteiger charge is -2.03. The number of carbonyl (C=O) groups excluding carboxylic acids is 1. The summed E-state index contributed by atoms with van der Waals surface area (Å²) < 4.78 is 0. The van der Waals surface area contributed by atoms with E-state index in [1.807, 2.05) is 0 Å². The number of halogens is 1. The van der Waals surface area contributed by atoms with Gasteiger partial charge < -0.3 is 5.73 Å². The molecular formula is C14H19ClN4OS. The number of aromatic nitrogens is 2. The SMILES string of the molecule is CCCCCc1nnc(NC(=O)c2ccccc2N)s1.Cl. The van der Waals surface area contributed by atoms with Crippen LogP contribution in [-0.4, -0.2) is 16.1 Å². The molecule has 0 spiro atoms. The highest BCUT2D eigenvalue weighted by Crippen LogP contribution is 2.19. The van der Waals surface area contributed by atoms with Crippen LogP contribution in [0.25, 0.3) is 0 Å². The Labute approximate surface area is 134 Å². The molecule has 1 aromatic carbocycles. The van der Waals surface area contributed by atoms with Crippen molar-refractivity contribution in [2.75, 3.05) is 11.1 Å². The monoisotopic (exact) mass is 326 g/mol. The molecule has 0 aliphatic rings. The van der Waals surface area contributed by atoms with Crippen LogP contribution >= 0.6 is 23.7 Å². The van der Waals surface area contributed by atoms with Gasteiger partial charge in [-0.15, -0.1) is 22.6 Å². The zero-order chi connectivity index (χ0) is 14.4. The van der Waals surface area contributed by atoms with Gasteiger partial charge in [-0.05, 0) is 18.6 Å². The number of unbranched alkanes of at least 4 members (excludes halogenated alkanes) is 2. The molecule has 2 rings (SSSR count). The summed E-state index contributed by atoms with van der Waals surface area (Å²) in [6, 6.07) is 6.96. The summed E-state index contributed by atoms with van der Waals surface area (Å²) in [5.74, 6) is -0.251. The van der Waals surface area contributed by atoms with E-state index in [1.165, 1.54) is 24.2 Å². The minimum atomic E-state index is -0.251. The summed E-state index contributed by atoms with van der Waals surface area (Å²) in [6.45, 7) is 2.16. The van der Waals surface area contributed by atoms with E-state index in [0.29, 0.717) is 16.4 Å². The summed E-state index contributed by atoms with van der Waals surface area (Å²) in [6.07, 6.45) is 4.37. The zero-order valence-corrected chi connectivity index (χ0v) is 13.5. The topological polar surface area (TPSA) is 80.9 Å². The molecule has 114 valence electrons. The lowest BCUT2D eigenvalue weighted by Crippen LogP contribution is -2.13. The number of para-hydroxylation sites is 1. The summed E-state index contributed by atoms with van der Waals surface area (Å²) in [5.41, 5.74) is 6.68. The molecule has 2 aromatic rings. The van der Waals surface area contributed by atoms with Crippen LogP contribution in [0.5, 0.6) is 0 Å². The van der Waals surface area contributed by atoms with Gasteiger partial charge in [0.1, 0.15) is 5.01 Å². The molecule has 0 saturated carbocycles. The molecule has 0 radical (unpaired) electrons. The maximum Gasteiger partial charge on any atom is 0.259 e. The highest BCUT2D eigenvalue weighted by atomic mass is 35.5. The van der Waals surface area contributed by atoms with E-state index in [0.717, 1.165) is 17.8 Å². The van der Waals surface area contributed by atoms with Gasteiger partial charge in [-0.25, -0.2) is 0 Å². The highest BCUT2D eigenvalue weighted by molar-refractivity contribution is 7.15. The van der Waals surface area contributed by atoms with E-state index >= 15 is 0 Å². The maximum atomic E-state index is 12.1. The van der Waals surface area contributed by atoms with E-state index in [2.05, 4.69) is 22.4 Å². The van der Waals surface area contributed by atoms with Crippen molar-refractivity contribution in [3.8, 4) is 0 Å². The molecule has 1 heterocycles. The fourth-order valence-electron chi connectivity index (χ4n) is 1.80. The first-order valence-electron chi connectivity index (χ1n) is 6.69. The Morgan fingerprint density at radius 1 is 1.29 bits per heavy atom. The lowest BCUT2D eigenvalue weighted by atomic mass is 10.2. The van der Waals surface area contributed by atoms with Crippen LogP contribution in [-0.2, 0) is 6.42 Å². The molecule has 1 aromatic heterocycles. The van der Waals surface area contributed by atoms with Crippen molar-refractivity contribution in [3.05, 3.63) is 34.8 Å². The van der Waals surface area contributed by atoms with Crippen LogP contribution in [0.3, 0.4) is 0 Å². The summed E-state index contributed by atoms with van der Waals surface area (Å²) in [7, 11) is 0. The molecule has 21 heavy (non-hydrogen) atoms. The average molecular weight is 327 g/mol. The van der Waals surface area contributed by atoms with Crippen molar-refractivity contribution < 1.29 is 4.79 Å². The van der Waals surface area contributed by atoms with Crippen molar-refractivity contribution in [1.82, 2.24) is 10.2 Å². The van der Waals surface area contributed by atoms with Crippen LogP contribution in [0.15, 0.2) is 24.3 Å². The largest absolute Gasteiger partial charge is 0.398 e. The third-order valence-corrected chi connectivity index (χ3v) is 3.79. The average Bonchev–Trinajstić information content (AvgIpc) is 2.87. The summed E-state index contributed by atoms with van der Waals surface area (Å²) in [5, 5.41) is 12.3. The van der Waals surface area contributed by atoms with Gasteiger partial charge in [-0.1, -0.05) is 43.2 Å². The van der Waals surface area contributed by atoms with E-state index in [9.17, 15) is 4.79 Å². The van der Waals surface area contributed by atoms with E-state index in [-0.39, 0.29) is 18.3 Å². The molecule has 7 heteroatoms. The van der Waals surface area contributed by atoms with Crippen molar-refractivity contribution in [2.45, 2.75) is 32.6 Å².